The van der Waals surface area contributed by atoms with Crippen LogP contribution >= 0.6 is 0 Å². The molecule has 0 aliphatic rings. The summed E-state index contributed by atoms with van der Waals surface area (Å²) in [5, 5.41) is 19.1. The fourth-order valence-corrected chi connectivity index (χ4v) is 5.30. The average molecular weight is 584 g/mol. The molecular formula is C36H73NO4. The lowest BCUT2D eigenvalue weighted by Crippen LogP contribution is -2.20. The Morgan fingerprint density at radius 1 is 0.415 bits per heavy atom. The minimum absolute atomic E-state index is 0.105. The number of hydrogen-bond donors (Lipinski definition) is 2. The Kier molecular flexibility index (Phi) is 36.8. The SMILES string of the molecule is CCCCCCCCCCCCCCCCCCCCCCCCCCCCC=CN(OCCCO)OCCCO. The molecule has 0 bridgehead atoms. The van der Waals surface area contributed by atoms with Crippen LogP contribution in [-0.4, -0.2) is 41.9 Å². The Labute approximate surface area is 256 Å². The van der Waals surface area contributed by atoms with Crippen molar-refractivity contribution >= 4 is 0 Å². The van der Waals surface area contributed by atoms with Gasteiger partial charge in [-0.25, -0.2) is 9.68 Å². The van der Waals surface area contributed by atoms with Crippen LogP contribution < -0.4 is 0 Å². The predicted molar refractivity (Wildman–Crippen MR) is 177 cm³/mol. The molecule has 5 heteroatoms. The van der Waals surface area contributed by atoms with E-state index in [9.17, 15) is 0 Å². The van der Waals surface area contributed by atoms with Gasteiger partial charge in [0.05, 0.1) is 19.4 Å². The molecule has 0 rings (SSSR count). The lowest BCUT2D eigenvalue weighted by atomic mass is 10.0. The van der Waals surface area contributed by atoms with Crippen molar-refractivity contribution in [1.29, 1.82) is 0 Å². The van der Waals surface area contributed by atoms with E-state index in [1.807, 2.05) is 6.20 Å². The van der Waals surface area contributed by atoms with Gasteiger partial charge in [0.2, 0.25) is 0 Å². The summed E-state index contributed by atoms with van der Waals surface area (Å²) in [5.41, 5.74) is 0. The standard InChI is InChI=1S/C36H73NO4/c1-2-3-4-5-6-7-8-9-10-11-12-13-14-15-16-17-18-19-20-21-22-23-24-25-26-27-28-29-32-37(40-35-30-33-38)41-36-31-34-39/h29,32,38-39H,2-28,30-31,33-36H2,1H3. The molecule has 0 spiro atoms. The van der Waals surface area contributed by atoms with Crippen molar-refractivity contribution in [3.63, 3.8) is 0 Å². The van der Waals surface area contributed by atoms with Gasteiger partial charge in [-0.05, 0) is 25.7 Å². The second-order valence-electron chi connectivity index (χ2n) is 12.1. The zero-order valence-corrected chi connectivity index (χ0v) is 27.6. The van der Waals surface area contributed by atoms with Crippen LogP contribution in [0.2, 0.25) is 0 Å². The van der Waals surface area contributed by atoms with Crippen LogP contribution in [0.15, 0.2) is 12.3 Å². The fraction of sp³-hybridized carbons (Fsp3) is 0.944. The van der Waals surface area contributed by atoms with Crippen molar-refractivity contribution in [2.75, 3.05) is 26.4 Å². The maximum Gasteiger partial charge on any atom is 0.0797 e. The van der Waals surface area contributed by atoms with E-state index in [1.165, 1.54) is 172 Å². The molecule has 246 valence electrons. The molecule has 0 heterocycles. The van der Waals surface area contributed by atoms with Crippen LogP contribution in [0.4, 0.5) is 0 Å². The maximum atomic E-state index is 8.89. The van der Waals surface area contributed by atoms with E-state index in [0.717, 1.165) is 6.42 Å². The first-order chi connectivity index (χ1) is 20.3. The first kappa shape index (κ1) is 40.4. The van der Waals surface area contributed by atoms with Crippen LogP contribution in [-0.2, 0) is 9.68 Å². The highest BCUT2D eigenvalue weighted by molar-refractivity contribution is 4.76. The molecule has 0 fully saturated rings. The lowest BCUT2D eigenvalue weighted by Gasteiger charge is -2.18. The largest absolute Gasteiger partial charge is 0.396 e. The molecular weight excluding hydrogens is 510 g/mol. The molecule has 0 aliphatic carbocycles. The number of rotatable bonds is 36. The molecule has 0 aromatic rings. The van der Waals surface area contributed by atoms with Gasteiger partial charge in [0.1, 0.15) is 0 Å². The number of aliphatic hydroxyl groups is 2. The summed E-state index contributed by atoms with van der Waals surface area (Å²) in [5.74, 6) is 0. The van der Waals surface area contributed by atoms with Crippen LogP contribution in [0.1, 0.15) is 193 Å². The highest BCUT2D eigenvalue weighted by Crippen LogP contribution is 2.16. The van der Waals surface area contributed by atoms with Gasteiger partial charge in [-0.3, -0.25) is 0 Å². The van der Waals surface area contributed by atoms with E-state index in [4.69, 9.17) is 19.9 Å². The van der Waals surface area contributed by atoms with E-state index in [0.29, 0.717) is 26.1 Å². The number of unbranched alkanes of at least 4 members (excludes halogenated alkanes) is 26. The Morgan fingerprint density at radius 3 is 1.00 bits per heavy atom. The summed E-state index contributed by atoms with van der Waals surface area (Å²) >= 11 is 0. The van der Waals surface area contributed by atoms with Crippen LogP contribution in [0.5, 0.6) is 0 Å². The van der Waals surface area contributed by atoms with Gasteiger partial charge in [-0.2, -0.15) is 0 Å². The Balaban J connectivity index is 3.28. The number of allylic oxidation sites excluding steroid dienone is 1. The highest BCUT2D eigenvalue weighted by atomic mass is 16.9. The topological polar surface area (TPSA) is 62.2 Å². The maximum absolute atomic E-state index is 8.89. The Hall–Kier alpha value is -0.620. The molecule has 0 saturated carbocycles. The summed E-state index contributed by atoms with van der Waals surface area (Å²) in [6.07, 6.45) is 43.1. The summed E-state index contributed by atoms with van der Waals surface area (Å²) in [7, 11) is 0. The van der Waals surface area contributed by atoms with E-state index in [1.54, 1.807) is 0 Å². The van der Waals surface area contributed by atoms with Gasteiger partial charge in [0.15, 0.2) is 0 Å². The third-order valence-corrected chi connectivity index (χ3v) is 7.99. The molecule has 41 heavy (non-hydrogen) atoms. The van der Waals surface area contributed by atoms with Crippen molar-refractivity contribution in [1.82, 2.24) is 5.23 Å². The molecule has 0 unspecified atom stereocenters. The Bertz CT molecular complexity index is 478. The molecule has 0 radical (unpaired) electrons. The number of nitrogens with zero attached hydrogens (tertiary/aromatic N) is 1. The molecule has 5 nitrogen and oxygen atoms in total. The first-order valence-corrected chi connectivity index (χ1v) is 18.3. The van der Waals surface area contributed by atoms with Gasteiger partial charge in [-0.1, -0.05) is 174 Å². The highest BCUT2D eigenvalue weighted by Gasteiger charge is 2.01. The predicted octanol–water partition coefficient (Wildman–Crippen LogP) is 11.0. The van der Waals surface area contributed by atoms with Crippen LogP contribution in [0.3, 0.4) is 0 Å². The van der Waals surface area contributed by atoms with Crippen molar-refractivity contribution in [3.8, 4) is 0 Å². The molecule has 0 atom stereocenters. The second-order valence-corrected chi connectivity index (χ2v) is 12.1. The average Bonchev–Trinajstić information content (AvgIpc) is 2.98. The van der Waals surface area contributed by atoms with Crippen LogP contribution in [0.25, 0.3) is 0 Å². The quantitative estimate of drug-likeness (QED) is 0.0567. The van der Waals surface area contributed by atoms with Gasteiger partial charge >= 0.3 is 0 Å². The molecule has 0 aromatic carbocycles. The third kappa shape index (κ3) is 35.5. The molecule has 0 amide bonds. The summed E-state index contributed by atoms with van der Waals surface area (Å²) in [6.45, 7) is 3.34. The third-order valence-electron chi connectivity index (χ3n) is 7.99. The minimum Gasteiger partial charge on any atom is -0.396 e. The van der Waals surface area contributed by atoms with Crippen LogP contribution in [0, 0.1) is 0 Å². The Morgan fingerprint density at radius 2 is 0.707 bits per heavy atom. The van der Waals surface area contributed by atoms with E-state index < -0.39 is 0 Å². The normalized spacial score (nSPS) is 11.7. The van der Waals surface area contributed by atoms with Gasteiger partial charge < -0.3 is 10.2 Å². The molecule has 0 saturated heterocycles. The number of hydroxylamine groups is 2. The van der Waals surface area contributed by atoms with Crippen molar-refractivity contribution in [2.24, 2.45) is 0 Å². The van der Waals surface area contributed by atoms with Crippen molar-refractivity contribution in [3.05, 3.63) is 12.3 Å². The van der Waals surface area contributed by atoms with Gasteiger partial charge in [0, 0.05) is 13.2 Å². The van der Waals surface area contributed by atoms with Gasteiger partial charge in [0.25, 0.3) is 0 Å². The van der Waals surface area contributed by atoms with E-state index >= 15 is 0 Å². The number of hydrogen-bond acceptors (Lipinski definition) is 5. The smallest absolute Gasteiger partial charge is 0.0797 e. The first-order valence-electron chi connectivity index (χ1n) is 18.3. The molecule has 0 aromatic heterocycles. The monoisotopic (exact) mass is 584 g/mol. The number of aliphatic hydroxyl groups excluding tert-OH is 2. The summed E-state index contributed by atoms with van der Waals surface area (Å²) in [6, 6.07) is 0. The summed E-state index contributed by atoms with van der Waals surface area (Å²) in [4.78, 5) is 10.9. The second kappa shape index (κ2) is 37.4. The van der Waals surface area contributed by atoms with Crippen molar-refractivity contribution < 1.29 is 19.9 Å². The van der Waals surface area contributed by atoms with E-state index in [2.05, 4.69) is 13.0 Å². The van der Waals surface area contributed by atoms with E-state index in [-0.39, 0.29) is 13.2 Å². The molecule has 0 aliphatic heterocycles. The zero-order valence-electron chi connectivity index (χ0n) is 27.6. The summed E-state index contributed by atoms with van der Waals surface area (Å²) < 4.78 is 0. The minimum atomic E-state index is 0.105. The van der Waals surface area contributed by atoms with Gasteiger partial charge in [-0.15, -0.1) is 5.23 Å². The molecule has 2 N–H and O–H groups in total. The zero-order chi connectivity index (χ0) is 29.7. The van der Waals surface area contributed by atoms with Crippen molar-refractivity contribution in [2.45, 2.75) is 193 Å². The lowest BCUT2D eigenvalue weighted by molar-refractivity contribution is -0.337. The fourth-order valence-electron chi connectivity index (χ4n) is 5.30.